The highest BCUT2D eigenvalue weighted by atomic mass is 16.5. The number of nitrogens with zero attached hydrogens (tertiary/aromatic N) is 1. The van der Waals surface area contributed by atoms with Crippen molar-refractivity contribution in [3.05, 3.63) is 41.6 Å². The van der Waals surface area contributed by atoms with Crippen LogP contribution in [0.3, 0.4) is 0 Å². The SMILES string of the molecule is CCOC(=O)/C(=C/N)C(=NC)c1ccc(N)cc1. The second kappa shape index (κ2) is 6.44. The molecule has 1 rings (SSSR count). The lowest BCUT2D eigenvalue weighted by Gasteiger charge is -2.09. The summed E-state index contributed by atoms with van der Waals surface area (Å²) in [6, 6.07) is 7.03. The number of rotatable bonds is 4. The Bertz CT molecular complexity index is 476. The van der Waals surface area contributed by atoms with Crippen LogP contribution in [-0.2, 0) is 9.53 Å². The van der Waals surface area contributed by atoms with E-state index in [-0.39, 0.29) is 12.2 Å². The van der Waals surface area contributed by atoms with Gasteiger partial charge in [-0.25, -0.2) is 4.79 Å². The van der Waals surface area contributed by atoms with Crippen molar-refractivity contribution in [2.75, 3.05) is 19.4 Å². The van der Waals surface area contributed by atoms with Crippen LogP contribution in [0.5, 0.6) is 0 Å². The van der Waals surface area contributed by atoms with Gasteiger partial charge in [0.1, 0.15) is 5.57 Å². The van der Waals surface area contributed by atoms with E-state index in [0.29, 0.717) is 11.4 Å². The second-order valence-corrected chi connectivity index (χ2v) is 3.50. The van der Waals surface area contributed by atoms with Crippen molar-refractivity contribution >= 4 is 17.4 Å². The number of nitrogen functional groups attached to an aromatic ring is 1. The number of carbonyl (C=O) groups excluding carboxylic acids is 1. The third kappa shape index (κ3) is 3.10. The molecular formula is C13H17N3O2. The minimum atomic E-state index is -0.488. The fourth-order valence-corrected chi connectivity index (χ4v) is 1.50. The molecule has 0 aliphatic rings. The predicted molar refractivity (Wildman–Crippen MR) is 72.2 cm³/mol. The highest BCUT2D eigenvalue weighted by molar-refractivity contribution is 6.26. The van der Waals surface area contributed by atoms with E-state index in [1.165, 1.54) is 6.20 Å². The molecule has 5 heteroatoms. The molecule has 5 nitrogen and oxygen atoms in total. The van der Waals surface area contributed by atoms with E-state index in [9.17, 15) is 4.79 Å². The quantitative estimate of drug-likeness (QED) is 0.360. The van der Waals surface area contributed by atoms with Crippen LogP contribution in [0.4, 0.5) is 5.69 Å². The Morgan fingerprint density at radius 2 is 2.00 bits per heavy atom. The van der Waals surface area contributed by atoms with E-state index in [2.05, 4.69) is 4.99 Å². The third-order valence-corrected chi connectivity index (χ3v) is 2.32. The standard InChI is InChI=1S/C13H17N3O2/c1-3-18-13(17)11(8-14)12(16-2)9-4-6-10(15)7-5-9/h4-8H,3,14-15H2,1-2H3/b11-8+,16-12?. The highest BCUT2D eigenvalue weighted by Crippen LogP contribution is 2.13. The Morgan fingerprint density at radius 3 is 2.44 bits per heavy atom. The predicted octanol–water partition coefficient (Wildman–Crippen LogP) is 1.09. The second-order valence-electron chi connectivity index (χ2n) is 3.50. The maximum absolute atomic E-state index is 11.7. The maximum Gasteiger partial charge on any atom is 0.341 e. The van der Waals surface area contributed by atoms with Gasteiger partial charge in [-0.15, -0.1) is 0 Å². The molecule has 18 heavy (non-hydrogen) atoms. The summed E-state index contributed by atoms with van der Waals surface area (Å²) in [5.74, 6) is -0.488. The van der Waals surface area contributed by atoms with E-state index in [1.807, 2.05) is 0 Å². The van der Waals surface area contributed by atoms with Gasteiger partial charge in [-0.3, -0.25) is 4.99 Å². The molecule has 0 heterocycles. The molecule has 0 unspecified atom stereocenters. The third-order valence-electron chi connectivity index (χ3n) is 2.32. The summed E-state index contributed by atoms with van der Waals surface area (Å²) in [5.41, 5.74) is 13.2. The smallest absolute Gasteiger partial charge is 0.341 e. The van der Waals surface area contributed by atoms with Crippen molar-refractivity contribution in [3.63, 3.8) is 0 Å². The first-order valence-electron chi connectivity index (χ1n) is 5.56. The van der Waals surface area contributed by atoms with Gasteiger partial charge >= 0.3 is 5.97 Å². The normalized spacial score (nSPS) is 12.3. The molecule has 0 aliphatic heterocycles. The molecule has 0 aromatic heterocycles. The molecule has 0 spiro atoms. The molecule has 0 bridgehead atoms. The van der Waals surface area contributed by atoms with Gasteiger partial charge in [0.15, 0.2) is 0 Å². The number of hydrogen-bond acceptors (Lipinski definition) is 5. The topological polar surface area (TPSA) is 90.7 Å². The number of nitrogens with two attached hydrogens (primary N) is 2. The molecule has 0 amide bonds. The Balaban J connectivity index is 3.10. The number of anilines is 1. The van der Waals surface area contributed by atoms with Gasteiger partial charge in [0, 0.05) is 24.5 Å². The zero-order valence-corrected chi connectivity index (χ0v) is 10.5. The number of carbonyl (C=O) groups is 1. The van der Waals surface area contributed by atoms with Crippen molar-refractivity contribution < 1.29 is 9.53 Å². The molecule has 0 aliphatic carbocycles. The Hall–Kier alpha value is -2.30. The van der Waals surface area contributed by atoms with Gasteiger partial charge in [-0.05, 0) is 19.1 Å². The van der Waals surface area contributed by atoms with Crippen molar-refractivity contribution in [2.45, 2.75) is 6.92 Å². The van der Waals surface area contributed by atoms with E-state index >= 15 is 0 Å². The van der Waals surface area contributed by atoms with E-state index < -0.39 is 5.97 Å². The summed E-state index contributed by atoms with van der Waals surface area (Å²) in [5, 5.41) is 0. The zero-order valence-electron chi connectivity index (χ0n) is 10.5. The molecule has 1 aromatic rings. The lowest BCUT2D eigenvalue weighted by atomic mass is 10.0. The van der Waals surface area contributed by atoms with Gasteiger partial charge < -0.3 is 16.2 Å². The zero-order chi connectivity index (χ0) is 13.5. The number of esters is 1. The van der Waals surface area contributed by atoms with Gasteiger partial charge in [0.05, 0.1) is 12.3 Å². The average Bonchev–Trinajstić information content (AvgIpc) is 2.37. The summed E-state index contributed by atoms with van der Waals surface area (Å²) >= 11 is 0. The van der Waals surface area contributed by atoms with E-state index in [1.54, 1.807) is 38.2 Å². The van der Waals surface area contributed by atoms with Crippen molar-refractivity contribution in [1.29, 1.82) is 0 Å². The van der Waals surface area contributed by atoms with Gasteiger partial charge in [-0.2, -0.15) is 0 Å². The summed E-state index contributed by atoms with van der Waals surface area (Å²) in [4.78, 5) is 15.8. The summed E-state index contributed by atoms with van der Waals surface area (Å²) in [6.07, 6.45) is 1.21. The van der Waals surface area contributed by atoms with Gasteiger partial charge in [0.2, 0.25) is 0 Å². The minimum absolute atomic E-state index is 0.240. The molecule has 0 saturated heterocycles. The number of hydrogen-bond donors (Lipinski definition) is 2. The van der Waals surface area contributed by atoms with Gasteiger partial charge in [-0.1, -0.05) is 12.1 Å². The molecule has 4 N–H and O–H groups in total. The highest BCUT2D eigenvalue weighted by Gasteiger charge is 2.17. The number of benzene rings is 1. The minimum Gasteiger partial charge on any atom is -0.462 e. The molecule has 0 radical (unpaired) electrons. The average molecular weight is 247 g/mol. The summed E-state index contributed by atoms with van der Waals surface area (Å²) < 4.78 is 4.93. The first-order valence-corrected chi connectivity index (χ1v) is 5.56. The molecular weight excluding hydrogens is 230 g/mol. The van der Waals surface area contributed by atoms with E-state index in [4.69, 9.17) is 16.2 Å². The van der Waals surface area contributed by atoms with Crippen molar-refractivity contribution in [1.82, 2.24) is 0 Å². The van der Waals surface area contributed by atoms with Crippen LogP contribution in [-0.4, -0.2) is 25.3 Å². The van der Waals surface area contributed by atoms with Crippen LogP contribution in [0, 0.1) is 0 Å². The Labute approximate surface area is 106 Å². The van der Waals surface area contributed by atoms with Crippen molar-refractivity contribution in [3.8, 4) is 0 Å². The molecule has 0 fully saturated rings. The van der Waals surface area contributed by atoms with Crippen LogP contribution >= 0.6 is 0 Å². The Morgan fingerprint density at radius 1 is 1.39 bits per heavy atom. The number of aliphatic imine (C=N–C) groups is 1. The maximum atomic E-state index is 11.7. The van der Waals surface area contributed by atoms with Crippen LogP contribution < -0.4 is 11.5 Å². The fourth-order valence-electron chi connectivity index (χ4n) is 1.50. The van der Waals surface area contributed by atoms with Crippen molar-refractivity contribution in [2.24, 2.45) is 10.7 Å². The van der Waals surface area contributed by atoms with Crippen LogP contribution in [0.15, 0.2) is 41.0 Å². The molecule has 96 valence electrons. The molecule has 0 atom stereocenters. The first-order chi connectivity index (χ1) is 8.63. The van der Waals surface area contributed by atoms with E-state index in [0.717, 1.165) is 5.56 Å². The summed E-state index contributed by atoms with van der Waals surface area (Å²) in [6.45, 7) is 2.02. The lowest BCUT2D eigenvalue weighted by Crippen LogP contribution is -2.18. The fraction of sp³-hybridized carbons (Fsp3) is 0.231. The largest absolute Gasteiger partial charge is 0.462 e. The van der Waals surface area contributed by atoms with Crippen LogP contribution in [0.1, 0.15) is 12.5 Å². The van der Waals surface area contributed by atoms with Crippen LogP contribution in [0.25, 0.3) is 0 Å². The monoisotopic (exact) mass is 247 g/mol. The lowest BCUT2D eigenvalue weighted by molar-refractivity contribution is -0.137. The first kappa shape index (κ1) is 13.8. The summed E-state index contributed by atoms with van der Waals surface area (Å²) in [7, 11) is 1.59. The van der Waals surface area contributed by atoms with Crippen LogP contribution in [0.2, 0.25) is 0 Å². The van der Waals surface area contributed by atoms with Gasteiger partial charge in [0.25, 0.3) is 0 Å². The Kier molecular flexibility index (Phi) is 4.92. The number of ether oxygens (including phenoxy) is 1. The molecule has 1 aromatic carbocycles. The molecule has 0 saturated carbocycles.